The molecule has 78 valence electrons. The van der Waals surface area contributed by atoms with Gasteiger partial charge in [0.05, 0.1) is 24.4 Å². The smallest absolute Gasteiger partial charge is 0.280 e. The highest BCUT2D eigenvalue weighted by Gasteiger charge is 2.19. The third-order valence-electron chi connectivity index (χ3n) is 1.70. The van der Waals surface area contributed by atoms with Gasteiger partial charge in [-0.2, -0.15) is 0 Å². The monoisotopic (exact) mass is 267 g/mol. The predicted molar refractivity (Wildman–Crippen MR) is 49.4 cm³/mol. The summed E-state index contributed by atoms with van der Waals surface area (Å²) >= 11 is 3.06. The van der Waals surface area contributed by atoms with Crippen LogP contribution >= 0.6 is 15.9 Å². The van der Waals surface area contributed by atoms with E-state index in [0.717, 1.165) is 0 Å². The molecule has 1 heterocycles. The van der Waals surface area contributed by atoms with Crippen molar-refractivity contribution in [3.8, 4) is 5.75 Å². The summed E-state index contributed by atoms with van der Waals surface area (Å²) in [5.74, 6) is 0.318. The minimum atomic E-state index is -2.71. The van der Waals surface area contributed by atoms with Crippen molar-refractivity contribution in [3.63, 3.8) is 0 Å². The largest absolute Gasteiger partial charge is 0.494 e. The number of rotatable bonds is 3. The average molecular weight is 268 g/mol. The number of aliphatic hydroxyl groups excluding tert-OH is 1. The first kappa shape index (κ1) is 11.3. The van der Waals surface area contributed by atoms with Gasteiger partial charge in [-0.25, -0.2) is 8.78 Å². The molecule has 0 fully saturated rings. The molecule has 0 aromatic carbocycles. The molecule has 0 saturated carbocycles. The first-order valence-corrected chi connectivity index (χ1v) is 4.51. The maximum atomic E-state index is 12.4. The van der Waals surface area contributed by atoms with Gasteiger partial charge in [0.1, 0.15) is 5.69 Å². The summed E-state index contributed by atoms with van der Waals surface area (Å²) in [6.45, 7) is -0.509. The van der Waals surface area contributed by atoms with Crippen LogP contribution in [0.25, 0.3) is 0 Å². The zero-order chi connectivity index (χ0) is 10.7. The number of halogens is 3. The summed E-state index contributed by atoms with van der Waals surface area (Å²) in [4.78, 5) is 3.52. The molecular weight excluding hydrogens is 260 g/mol. The van der Waals surface area contributed by atoms with Gasteiger partial charge in [0.25, 0.3) is 6.43 Å². The molecule has 1 aromatic heterocycles. The summed E-state index contributed by atoms with van der Waals surface area (Å²) in [7, 11) is 1.39. The number of hydrogen-bond acceptors (Lipinski definition) is 3. The first-order valence-electron chi connectivity index (χ1n) is 3.72. The van der Waals surface area contributed by atoms with Crippen molar-refractivity contribution in [1.29, 1.82) is 0 Å². The average Bonchev–Trinajstić information content (AvgIpc) is 2.17. The number of methoxy groups -OCH3 is 1. The van der Waals surface area contributed by atoms with Crippen molar-refractivity contribution < 1.29 is 18.6 Å². The SMILES string of the molecule is COc1cnc(C(F)F)c(CO)c1Br. The number of aromatic nitrogens is 1. The van der Waals surface area contributed by atoms with E-state index in [9.17, 15) is 8.78 Å². The fourth-order valence-electron chi connectivity index (χ4n) is 1.00. The topological polar surface area (TPSA) is 42.4 Å². The van der Waals surface area contributed by atoms with Crippen LogP contribution in [-0.2, 0) is 6.61 Å². The van der Waals surface area contributed by atoms with Crippen LogP contribution in [0.4, 0.5) is 8.78 Å². The zero-order valence-corrected chi connectivity index (χ0v) is 8.88. The fourth-order valence-corrected chi connectivity index (χ4v) is 1.60. The van der Waals surface area contributed by atoms with Gasteiger partial charge in [-0.05, 0) is 15.9 Å². The molecule has 1 rings (SSSR count). The summed E-state index contributed by atoms with van der Waals surface area (Å²) in [5, 5.41) is 8.91. The molecule has 0 radical (unpaired) electrons. The van der Waals surface area contributed by atoms with Gasteiger partial charge in [-0.1, -0.05) is 0 Å². The molecule has 0 amide bonds. The lowest BCUT2D eigenvalue weighted by molar-refractivity contribution is 0.141. The van der Waals surface area contributed by atoms with Gasteiger partial charge in [0, 0.05) is 5.56 Å². The van der Waals surface area contributed by atoms with Crippen LogP contribution in [0.5, 0.6) is 5.75 Å². The Bertz CT molecular complexity index is 333. The van der Waals surface area contributed by atoms with Crippen molar-refractivity contribution in [3.05, 3.63) is 21.9 Å². The Morgan fingerprint density at radius 2 is 2.29 bits per heavy atom. The van der Waals surface area contributed by atoms with E-state index in [1.165, 1.54) is 13.3 Å². The van der Waals surface area contributed by atoms with E-state index in [2.05, 4.69) is 20.9 Å². The molecule has 0 bridgehead atoms. The summed E-state index contributed by atoms with van der Waals surface area (Å²) in [6.07, 6.45) is -1.52. The van der Waals surface area contributed by atoms with Crippen LogP contribution in [0.15, 0.2) is 10.7 Å². The van der Waals surface area contributed by atoms with Crippen molar-refractivity contribution in [2.75, 3.05) is 7.11 Å². The van der Waals surface area contributed by atoms with Crippen LogP contribution in [0.2, 0.25) is 0 Å². The third-order valence-corrected chi connectivity index (χ3v) is 2.57. The lowest BCUT2D eigenvalue weighted by Crippen LogP contribution is -2.01. The Kier molecular flexibility index (Phi) is 3.77. The second-order valence-electron chi connectivity index (χ2n) is 2.46. The lowest BCUT2D eigenvalue weighted by atomic mass is 10.2. The van der Waals surface area contributed by atoms with Gasteiger partial charge in [-0.3, -0.25) is 4.98 Å². The molecule has 0 aliphatic carbocycles. The molecule has 0 unspecified atom stereocenters. The van der Waals surface area contributed by atoms with Crippen molar-refractivity contribution >= 4 is 15.9 Å². The standard InChI is InChI=1S/C8H8BrF2NO2/c1-14-5-2-12-7(8(10)11)4(3-13)6(5)9/h2,8,13H,3H2,1H3. The lowest BCUT2D eigenvalue weighted by Gasteiger charge is -2.10. The van der Waals surface area contributed by atoms with Crippen LogP contribution in [0.1, 0.15) is 17.7 Å². The number of alkyl halides is 2. The van der Waals surface area contributed by atoms with E-state index in [4.69, 9.17) is 9.84 Å². The minimum absolute atomic E-state index is 0.0550. The van der Waals surface area contributed by atoms with Crippen LogP contribution in [0, 0.1) is 0 Å². The molecule has 0 saturated heterocycles. The Balaban J connectivity index is 3.28. The Hall–Kier alpha value is -0.750. The molecule has 0 aliphatic heterocycles. The quantitative estimate of drug-likeness (QED) is 0.914. The van der Waals surface area contributed by atoms with Gasteiger partial charge >= 0.3 is 0 Å². The third kappa shape index (κ3) is 2.01. The fraction of sp³-hybridized carbons (Fsp3) is 0.375. The van der Waals surface area contributed by atoms with Gasteiger partial charge in [-0.15, -0.1) is 0 Å². The molecule has 6 heteroatoms. The second kappa shape index (κ2) is 4.65. The predicted octanol–water partition coefficient (Wildman–Crippen LogP) is 2.28. The summed E-state index contributed by atoms with van der Waals surface area (Å²) < 4.78 is 30.0. The Morgan fingerprint density at radius 3 is 2.71 bits per heavy atom. The Labute approximate surface area is 87.9 Å². The van der Waals surface area contributed by atoms with Crippen molar-refractivity contribution in [2.45, 2.75) is 13.0 Å². The summed E-state index contributed by atoms with van der Waals surface area (Å²) in [5.41, 5.74) is -0.375. The number of aliphatic hydroxyl groups is 1. The van der Waals surface area contributed by atoms with Crippen LogP contribution in [0.3, 0.4) is 0 Å². The van der Waals surface area contributed by atoms with E-state index < -0.39 is 18.7 Å². The number of hydrogen-bond donors (Lipinski definition) is 1. The second-order valence-corrected chi connectivity index (χ2v) is 3.26. The molecular formula is C8H8BrF2NO2. The van der Waals surface area contributed by atoms with Crippen LogP contribution in [-0.4, -0.2) is 17.2 Å². The number of ether oxygens (including phenoxy) is 1. The van der Waals surface area contributed by atoms with Crippen molar-refractivity contribution in [2.24, 2.45) is 0 Å². The van der Waals surface area contributed by atoms with E-state index in [0.29, 0.717) is 10.2 Å². The van der Waals surface area contributed by atoms with E-state index >= 15 is 0 Å². The molecule has 3 nitrogen and oxygen atoms in total. The maximum Gasteiger partial charge on any atom is 0.280 e. The molecule has 14 heavy (non-hydrogen) atoms. The summed E-state index contributed by atoms with van der Waals surface area (Å²) in [6, 6.07) is 0. The maximum absolute atomic E-state index is 12.4. The zero-order valence-electron chi connectivity index (χ0n) is 7.30. The molecule has 0 atom stereocenters. The van der Waals surface area contributed by atoms with E-state index in [1.807, 2.05) is 0 Å². The Morgan fingerprint density at radius 1 is 1.64 bits per heavy atom. The first-order chi connectivity index (χ1) is 6.61. The number of pyridine rings is 1. The minimum Gasteiger partial charge on any atom is -0.494 e. The van der Waals surface area contributed by atoms with Gasteiger partial charge in [0.15, 0.2) is 5.75 Å². The highest BCUT2D eigenvalue weighted by molar-refractivity contribution is 9.10. The highest BCUT2D eigenvalue weighted by atomic mass is 79.9. The van der Waals surface area contributed by atoms with Crippen molar-refractivity contribution in [1.82, 2.24) is 4.98 Å². The normalized spacial score (nSPS) is 10.7. The van der Waals surface area contributed by atoms with Gasteiger partial charge in [0.2, 0.25) is 0 Å². The molecule has 1 N–H and O–H groups in total. The molecule has 1 aromatic rings. The van der Waals surface area contributed by atoms with E-state index in [-0.39, 0.29) is 5.56 Å². The highest BCUT2D eigenvalue weighted by Crippen LogP contribution is 2.33. The van der Waals surface area contributed by atoms with Gasteiger partial charge < -0.3 is 9.84 Å². The van der Waals surface area contributed by atoms with E-state index in [1.54, 1.807) is 0 Å². The van der Waals surface area contributed by atoms with Crippen LogP contribution < -0.4 is 4.74 Å². The molecule has 0 aliphatic rings. The number of nitrogens with zero attached hydrogens (tertiary/aromatic N) is 1. The molecule has 0 spiro atoms.